The molecule has 114 valence electrons. The van der Waals surface area contributed by atoms with Crippen molar-refractivity contribution in [3.05, 3.63) is 69.0 Å². The molecule has 5 nitrogen and oxygen atoms in total. The monoisotopic (exact) mass is 303 g/mol. The smallest absolute Gasteiger partial charge is 0.272 e. The number of ether oxygens (including phenoxy) is 1. The van der Waals surface area contributed by atoms with Crippen molar-refractivity contribution < 1.29 is 18.8 Å². The summed E-state index contributed by atoms with van der Waals surface area (Å²) in [4.78, 5) is 21.6. The summed E-state index contributed by atoms with van der Waals surface area (Å²) in [5.41, 5.74) is 1.16. The maximum Gasteiger partial charge on any atom is 0.272 e. The van der Waals surface area contributed by atoms with Gasteiger partial charge in [-0.1, -0.05) is 12.1 Å². The third-order valence-corrected chi connectivity index (χ3v) is 3.33. The molecule has 6 heteroatoms. The van der Waals surface area contributed by atoms with Crippen LogP contribution in [0.3, 0.4) is 0 Å². The third-order valence-electron chi connectivity index (χ3n) is 3.33. The molecule has 2 rings (SSSR count). The van der Waals surface area contributed by atoms with E-state index in [2.05, 4.69) is 0 Å². The van der Waals surface area contributed by atoms with E-state index in [0.29, 0.717) is 11.1 Å². The highest BCUT2D eigenvalue weighted by atomic mass is 19.1. The molecule has 0 unspecified atom stereocenters. The third kappa shape index (κ3) is 3.28. The van der Waals surface area contributed by atoms with E-state index in [0.717, 1.165) is 6.07 Å². The first-order valence-electron chi connectivity index (χ1n) is 6.56. The number of nitro groups is 1. The highest BCUT2D eigenvalue weighted by molar-refractivity contribution is 5.94. The summed E-state index contributed by atoms with van der Waals surface area (Å²) in [5, 5.41) is 10.9. The fraction of sp³-hybridized carbons (Fsp3) is 0.188. The van der Waals surface area contributed by atoms with Crippen LogP contribution in [-0.2, 0) is 6.61 Å². The molecule has 0 fully saturated rings. The van der Waals surface area contributed by atoms with Crippen LogP contribution in [0, 0.1) is 22.9 Å². The number of halogens is 1. The van der Waals surface area contributed by atoms with E-state index < -0.39 is 10.7 Å². The van der Waals surface area contributed by atoms with Gasteiger partial charge in [-0.05, 0) is 31.5 Å². The van der Waals surface area contributed by atoms with Gasteiger partial charge < -0.3 is 4.74 Å². The lowest BCUT2D eigenvalue weighted by Crippen LogP contribution is -2.02. The SMILES string of the molecule is CC(=O)c1ccc(OCc2cccc([N+](=O)[O-])c2C)cc1F. The number of hydrogen-bond donors (Lipinski definition) is 0. The Bertz CT molecular complexity index is 743. The second kappa shape index (κ2) is 6.34. The van der Waals surface area contributed by atoms with Gasteiger partial charge in [0.25, 0.3) is 5.69 Å². The Morgan fingerprint density at radius 1 is 1.32 bits per heavy atom. The number of ketones is 1. The van der Waals surface area contributed by atoms with Crippen molar-refractivity contribution in [3.8, 4) is 5.75 Å². The average Bonchev–Trinajstić information content (AvgIpc) is 2.45. The Morgan fingerprint density at radius 3 is 2.64 bits per heavy atom. The van der Waals surface area contributed by atoms with Crippen LogP contribution < -0.4 is 4.74 Å². The lowest BCUT2D eigenvalue weighted by molar-refractivity contribution is -0.385. The molecule has 0 aliphatic rings. The lowest BCUT2D eigenvalue weighted by Gasteiger charge is -2.09. The van der Waals surface area contributed by atoms with Gasteiger partial charge in [-0.15, -0.1) is 0 Å². The molecule has 0 N–H and O–H groups in total. The van der Waals surface area contributed by atoms with Crippen molar-refractivity contribution in [2.24, 2.45) is 0 Å². The molecule has 0 bridgehead atoms. The summed E-state index contributed by atoms with van der Waals surface area (Å²) < 4.78 is 19.1. The van der Waals surface area contributed by atoms with Crippen LogP contribution in [0.1, 0.15) is 28.4 Å². The number of nitrogens with zero attached hydrogens (tertiary/aromatic N) is 1. The molecule has 0 saturated heterocycles. The fourth-order valence-electron chi connectivity index (χ4n) is 2.06. The molecule has 0 amide bonds. The summed E-state index contributed by atoms with van der Waals surface area (Å²) in [6.45, 7) is 2.99. The normalized spacial score (nSPS) is 10.3. The molecule has 0 aromatic heterocycles. The van der Waals surface area contributed by atoms with E-state index in [1.807, 2.05) is 0 Å². The standard InChI is InChI=1S/C16H14FNO4/c1-10-12(4-3-5-16(10)18(20)21)9-22-13-6-7-14(11(2)19)15(17)8-13/h3-8H,9H2,1-2H3. The van der Waals surface area contributed by atoms with Crippen LogP contribution in [0.15, 0.2) is 36.4 Å². The highest BCUT2D eigenvalue weighted by Crippen LogP contribution is 2.23. The molecule has 0 aliphatic carbocycles. The Labute approximate surface area is 126 Å². The van der Waals surface area contributed by atoms with Gasteiger partial charge in [0.2, 0.25) is 0 Å². The zero-order valence-electron chi connectivity index (χ0n) is 12.1. The van der Waals surface area contributed by atoms with E-state index >= 15 is 0 Å². The molecular formula is C16H14FNO4. The van der Waals surface area contributed by atoms with Gasteiger partial charge in [-0.2, -0.15) is 0 Å². The fourth-order valence-corrected chi connectivity index (χ4v) is 2.06. The summed E-state index contributed by atoms with van der Waals surface area (Å²) in [6.07, 6.45) is 0. The van der Waals surface area contributed by atoms with Crippen molar-refractivity contribution in [1.29, 1.82) is 0 Å². The van der Waals surface area contributed by atoms with E-state index in [1.54, 1.807) is 19.1 Å². The van der Waals surface area contributed by atoms with Crippen LogP contribution >= 0.6 is 0 Å². The van der Waals surface area contributed by atoms with Crippen LogP contribution in [0.5, 0.6) is 5.75 Å². The molecule has 0 atom stereocenters. The summed E-state index contributed by atoms with van der Waals surface area (Å²) in [5.74, 6) is -0.757. The second-order valence-electron chi connectivity index (χ2n) is 4.80. The number of benzene rings is 2. The minimum atomic E-state index is -0.652. The molecule has 2 aromatic rings. The minimum absolute atomic E-state index is 0.00104. The lowest BCUT2D eigenvalue weighted by atomic mass is 10.1. The van der Waals surface area contributed by atoms with Gasteiger partial charge >= 0.3 is 0 Å². The number of Topliss-reactive ketones (excluding diaryl/α,β-unsaturated/α-hetero) is 1. The van der Waals surface area contributed by atoms with Gasteiger partial charge in [-0.25, -0.2) is 4.39 Å². The minimum Gasteiger partial charge on any atom is -0.489 e. The zero-order valence-corrected chi connectivity index (χ0v) is 12.1. The topological polar surface area (TPSA) is 69.4 Å². The molecule has 22 heavy (non-hydrogen) atoms. The quantitative estimate of drug-likeness (QED) is 0.478. The number of carbonyl (C=O) groups excluding carboxylic acids is 1. The Kier molecular flexibility index (Phi) is 4.50. The number of rotatable bonds is 5. The van der Waals surface area contributed by atoms with Crippen LogP contribution in [-0.4, -0.2) is 10.7 Å². The van der Waals surface area contributed by atoms with Gasteiger partial charge in [0.1, 0.15) is 18.2 Å². The number of hydrogen-bond acceptors (Lipinski definition) is 4. The van der Waals surface area contributed by atoms with Crippen LogP contribution in [0.2, 0.25) is 0 Å². The first-order chi connectivity index (χ1) is 10.4. The van der Waals surface area contributed by atoms with Crippen molar-refractivity contribution in [2.75, 3.05) is 0 Å². The molecule has 0 heterocycles. The number of nitro benzene ring substituents is 1. The van der Waals surface area contributed by atoms with Gasteiger partial charge in [0, 0.05) is 17.7 Å². The van der Waals surface area contributed by atoms with E-state index in [1.165, 1.54) is 25.1 Å². The Morgan fingerprint density at radius 2 is 2.05 bits per heavy atom. The molecular weight excluding hydrogens is 289 g/mol. The Hall–Kier alpha value is -2.76. The molecule has 0 spiro atoms. The van der Waals surface area contributed by atoms with Gasteiger partial charge in [-0.3, -0.25) is 14.9 Å². The van der Waals surface area contributed by atoms with E-state index in [4.69, 9.17) is 4.74 Å². The molecule has 0 radical (unpaired) electrons. The van der Waals surface area contributed by atoms with E-state index in [9.17, 15) is 19.3 Å². The predicted octanol–water partition coefficient (Wildman–Crippen LogP) is 3.82. The van der Waals surface area contributed by atoms with Crippen molar-refractivity contribution >= 4 is 11.5 Å². The molecule has 0 aliphatic heterocycles. The zero-order chi connectivity index (χ0) is 16.3. The van der Waals surface area contributed by atoms with Crippen LogP contribution in [0.4, 0.5) is 10.1 Å². The van der Waals surface area contributed by atoms with Gasteiger partial charge in [0.05, 0.1) is 10.5 Å². The highest BCUT2D eigenvalue weighted by Gasteiger charge is 2.14. The maximum absolute atomic E-state index is 13.7. The van der Waals surface area contributed by atoms with Crippen LogP contribution in [0.25, 0.3) is 0 Å². The second-order valence-corrected chi connectivity index (χ2v) is 4.80. The average molecular weight is 303 g/mol. The van der Waals surface area contributed by atoms with Crippen molar-refractivity contribution in [2.45, 2.75) is 20.5 Å². The predicted molar refractivity (Wildman–Crippen MR) is 78.6 cm³/mol. The maximum atomic E-state index is 13.7. The number of carbonyl (C=O) groups is 1. The van der Waals surface area contributed by atoms with E-state index in [-0.39, 0.29) is 29.4 Å². The van der Waals surface area contributed by atoms with Gasteiger partial charge in [0.15, 0.2) is 5.78 Å². The molecule has 0 saturated carbocycles. The van der Waals surface area contributed by atoms with Crippen molar-refractivity contribution in [3.63, 3.8) is 0 Å². The summed E-state index contributed by atoms with van der Waals surface area (Å²) in [7, 11) is 0. The summed E-state index contributed by atoms with van der Waals surface area (Å²) in [6, 6.07) is 8.68. The first kappa shape index (κ1) is 15.6. The first-order valence-corrected chi connectivity index (χ1v) is 6.56. The summed E-state index contributed by atoms with van der Waals surface area (Å²) >= 11 is 0. The van der Waals surface area contributed by atoms with Crippen molar-refractivity contribution in [1.82, 2.24) is 0 Å². The Balaban J connectivity index is 2.17. The molecule has 2 aromatic carbocycles. The largest absolute Gasteiger partial charge is 0.489 e.